The van der Waals surface area contributed by atoms with Gasteiger partial charge in [0.2, 0.25) is 0 Å². The van der Waals surface area contributed by atoms with E-state index in [2.05, 4.69) is 91.2 Å². The highest BCUT2D eigenvalue weighted by Gasteiger charge is 2.22. The quantitative estimate of drug-likeness (QED) is 0.0320. The van der Waals surface area contributed by atoms with Gasteiger partial charge in [-0.25, -0.2) is 0 Å². The zero-order chi connectivity index (χ0) is 73.7. The molecule has 0 heterocycles. The first kappa shape index (κ1) is 96.7. The van der Waals surface area contributed by atoms with Crippen LogP contribution in [-0.4, -0.2) is 150 Å². The summed E-state index contributed by atoms with van der Waals surface area (Å²) in [5.74, 6) is -0.0870. The summed E-state index contributed by atoms with van der Waals surface area (Å²) < 4.78 is 34.9. The number of carbonyl (C=O) groups excluding carboxylic acids is 6. The Balaban J connectivity index is 4.94. The number of nitrogens with zero attached hydrogens (tertiary/aromatic N) is 3. The maximum Gasteiger partial charge on any atom is 0.308 e. The van der Waals surface area contributed by atoms with Crippen molar-refractivity contribution in [2.45, 2.75) is 401 Å². The summed E-state index contributed by atoms with van der Waals surface area (Å²) in [6.07, 6.45) is 53.0. The van der Waals surface area contributed by atoms with Crippen LogP contribution < -0.4 is 0 Å². The van der Waals surface area contributed by atoms with E-state index < -0.39 is 0 Å². The lowest BCUT2D eigenvalue weighted by Crippen LogP contribution is -2.30. The lowest BCUT2D eigenvalue weighted by atomic mass is 10.00. The third-order valence-corrected chi connectivity index (χ3v) is 20.7. The van der Waals surface area contributed by atoms with E-state index in [0.717, 1.165) is 296 Å². The summed E-state index contributed by atoms with van der Waals surface area (Å²) >= 11 is 0. The molecule has 0 aromatic carbocycles. The van der Waals surface area contributed by atoms with Crippen LogP contribution in [0.15, 0.2) is 0 Å². The van der Waals surface area contributed by atoms with Crippen molar-refractivity contribution in [3.63, 3.8) is 0 Å². The molecule has 0 aliphatic carbocycles. The number of hydrogen-bond donors (Lipinski definition) is 0. The highest BCUT2D eigenvalue weighted by molar-refractivity contribution is 5.73. The summed E-state index contributed by atoms with van der Waals surface area (Å²) in [6.45, 7) is 24.2. The van der Waals surface area contributed by atoms with Gasteiger partial charge >= 0.3 is 35.8 Å². The Labute approximate surface area is 616 Å². The average molecular weight is 1420 g/mol. The van der Waals surface area contributed by atoms with E-state index in [1.54, 1.807) is 0 Å². The van der Waals surface area contributed by atoms with Crippen LogP contribution >= 0.6 is 0 Å². The van der Waals surface area contributed by atoms with Crippen molar-refractivity contribution in [2.24, 2.45) is 23.7 Å². The molecule has 4 atom stereocenters. The lowest BCUT2D eigenvalue weighted by molar-refractivity contribution is -0.151. The molecule has 0 radical (unpaired) electrons. The molecule has 4 unspecified atom stereocenters. The van der Waals surface area contributed by atoms with Crippen molar-refractivity contribution in [3.8, 4) is 0 Å². The van der Waals surface area contributed by atoms with Crippen molar-refractivity contribution in [1.82, 2.24) is 14.7 Å². The minimum Gasteiger partial charge on any atom is -0.465 e. The van der Waals surface area contributed by atoms with Crippen molar-refractivity contribution < 1.29 is 57.2 Å². The maximum atomic E-state index is 13.4. The van der Waals surface area contributed by atoms with Crippen LogP contribution in [0.4, 0.5) is 0 Å². The molecule has 0 saturated carbocycles. The van der Waals surface area contributed by atoms with Gasteiger partial charge in [-0.1, -0.05) is 235 Å². The molecule has 590 valence electrons. The van der Waals surface area contributed by atoms with Crippen LogP contribution in [0.25, 0.3) is 0 Å². The standard InChI is InChI=1S/C85H163N3O12/c1-12-20-54-74(16-5)82(91)95-70-48-40-32-24-28-36-44-58-78(59-45-37-29-25-33-41-49-71-96-83(92)75(17-6)55-21-13-2)99-80(89)62-68-87(10)66-52-64-86(9)65-53-67-88(11)69-63-81(90)100-79(60-46-38-30-26-34-42-50-72-97-84(93)76(18-7)56-22-14-3)61-47-39-31-27-35-43-51-73-98-85(94)77(19-8)57-23-15-4/h74-79H,12-73H2,1-11H3. The van der Waals surface area contributed by atoms with Crippen LogP contribution in [0.2, 0.25) is 0 Å². The van der Waals surface area contributed by atoms with Crippen molar-refractivity contribution in [2.75, 3.05) is 86.8 Å². The summed E-state index contributed by atoms with van der Waals surface area (Å²) in [6, 6.07) is 0. The number of carbonyl (C=O) groups is 6. The van der Waals surface area contributed by atoms with Crippen LogP contribution in [0, 0.1) is 23.7 Å². The third-order valence-electron chi connectivity index (χ3n) is 20.7. The summed E-state index contributed by atoms with van der Waals surface area (Å²) in [5, 5.41) is 0. The van der Waals surface area contributed by atoms with E-state index in [1.165, 1.54) is 51.4 Å². The molecule has 0 aromatic heterocycles. The SMILES string of the molecule is CCCCC(CC)C(=O)OCCCCCCCCCC(CCCCCCCCCOC(=O)C(CC)CCCC)OC(=O)CCN(C)CCCN(C)CCCN(C)CCC(=O)OC(CCCCCCCCCOC(=O)C(CC)CCCC)CCCCCCCCCOC(=O)C(CC)CCCC. The maximum absolute atomic E-state index is 13.4. The van der Waals surface area contributed by atoms with Gasteiger partial charge in [0, 0.05) is 13.1 Å². The smallest absolute Gasteiger partial charge is 0.308 e. The molecule has 0 bridgehead atoms. The fraction of sp³-hybridized carbons (Fsp3) is 0.929. The van der Waals surface area contributed by atoms with Crippen molar-refractivity contribution >= 4 is 35.8 Å². The first-order valence-corrected chi connectivity index (χ1v) is 42.7. The second-order valence-electron chi connectivity index (χ2n) is 30.1. The van der Waals surface area contributed by atoms with Crippen LogP contribution in [0.5, 0.6) is 0 Å². The minimum atomic E-state index is -0.0887. The molecule has 0 aromatic rings. The highest BCUT2D eigenvalue weighted by atomic mass is 16.6. The van der Waals surface area contributed by atoms with Crippen molar-refractivity contribution in [3.05, 3.63) is 0 Å². The molecule has 0 spiro atoms. The normalized spacial score (nSPS) is 13.5. The highest BCUT2D eigenvalue weighted by Crippen LogP contribution is 2.23. The lowest BCUT2D eigenvalue weighted by Gasteiger charge is -2.23. The number of hydrogen-bond acceptors (Lipinski definition) is 15. The Morgan fingerprint density at radius 2 is 0.440 bits per heavy atom. The van der Waals surface area contributed by atoms with E-state index in [1.807, 2.05) is 0 Å². The van der Waals surface area contributed by atoms with Gasteiger partial charge in [-0.05, 0) is 189 Å². The van der Waals surface area contributed by atoms with E-state index in [0.29, 0.717) is 52.4 Å². The average Bonchev–Trinajstić information content (AvgIpc) is 1.89. The fourth-order valence-corrected chi connectivity index (χ4v) is 13.5. The van der Waals surface area contributed by atoms with E-state index >= 15 is 0 Å². The van der Waals surface area contributed by atoms with Crippen LogP contribution in [0.1, 0.15) is 389 Å². The molecule has 0 aliphatic rings. The molecular formula is C85H163N3O12. The Hall–Kier alpha value is -3.30. The molecule has 0 N–H and O–H groups in total. The van der Waals surface area contributed by atoms with E-state index in [4.69, 9.17) is 28.4 Å². The summed E-state index contributed by atoms with van der Waals surface area (Å²) in [5.41, 5.74) is 0. The Kier molecular flexibility index (Phi) is 69.0. The minimum absolute atomic E-state index is 0.0194. The number of unbranched alkanes of at least 4 members (excludes halogenated alkanes) is 28. The van der Waals surface area contributed by atoms with Gasteiger partial charge in [-0.2, -0.15) is 0 Å². The number of ether oxygens (including phenoxy) is 6. The molecule has 0 aliphatic heterocycles. The van der Waals surface area contributed by atoms with E-state index in [9.17, 15) is 28.8 Å². The van der Waals surface area contributed by atoms with Crippen LogP contribution in [-0.2, 0) is 57.2 Å². The molecular weight excluding hydrogens is 1250 g/mol. The molecule has 15 heteroatoms. The predicted molar refractivity (Wildman–Crippen MR) is 416 cm³/mol. The number of esters is 6. The van der Waals surface area contributed by atoms with Gasteiger partial charge in [0.25, 0.3) is 0 Å². The summed E-state index contributed by atoms with van der Waals surface area (Å²) in [4.78, 5) is 83.5. The predicted octanol–water partition coefficient (Wildman–Crippen LogP) is 21.7. The Bertz CT molecular complexity index is 1660. The molecule has 15 nitrogen and oxygen atoms in total. The van der Waals surface area contributed by atoms with Gasteiger partial charge in [0.15, 0.2) is 0 Å². The Morgan fingerprint density at radius 1 is 0.240 bits per heavy atom. The topological polar surface area (TPSA) is 168 Å². The van der Waals surface area contributed by atoms with Gasteiger partial charge in [0.1, 0.15) is 12.2 Å². The molecule has 0 amide bonds. The first-order chi connectivity index (χ1) is 48.6. The van der Waals surface area contributed by atoms with Crippen molar-refractivity contribution in [1.29, 1.82) is 0 Å². The third kappa shape index (κ3) is 59.0. The largest absolute Gasteiger partial charge is 0.465 e. The van der Waals surface area contributed by atoms with Gasteiger partial charge in [0.05, 0.1) is 62.9 Å². The number of rotatable bonds is 76. The zero-order valence-corrected chi connectivity index (χ0v) is 67.5. The first-order valence-electron chi connectivity index (χ1n) is 42.7. The molecule has 0 saturated heterocycles. The zero-order valence-electron chi connectivity index (χ0n) is 67.5. The van der Waals surface area contributed by atoms with Gasteiger partial charge in [-0.15, -0.1) is 0 Å². The van der Waals surface area contributed by atoms with Gasteiger partial charge < -0.3 is 43.1 Å². The van der Waals surface area contributed by atoms with Gasteiger partial charge in [-0.3, -0.25) is 28.8 Å². The summed E-state index contributed by atoms with van der Waals surface area (Å²) in [7, 11) is 6.40. The second kappa shape index (κ2) is 71.3. The van der Waals surface area contributed by atoms with Crippen LogP contribution in [0.3, 0.4) is 0 Å². The second-order valence-corrected chi connectivity index (χ2v) is 30.1. The Morgan fingerprint density at radius 3 is 0.650 bits per heavy atom. The molecule has 0 fully saturated rings. The van der Waals surface area contributed by atoms with E-state index in [-0.39, 0.29) is 71.7 Å². The molecule has 0 rings (SSSR count). The molecule has 100 heavy (non-hydrogen) atoms. The fourth-order valence-electron chi connectivity index (χ4n) is 13.5. The monoisotopic (exact) mass is 1420 g/mol.